The summed E-state index contributed by atoms with van der Waals surface area (Å²) in [5.74, 6) is 3.22. The molecule has 1 fully saturated rings. The average molecular weight is 289 g/mol. The zero-order valence-corrected chi connectivity index (χ0v) is 12.7. The highest BCUT2D eigenvalue weighted by Gasteiger charge is 2.23. The molecule has 2 aromatic rings. The van der Waals surface area contributed by atoms with Gasteiger partial charge in [-0.2, -0.15) is 4.98 Å². The molecule has 21 heavy (non-hydrogen) atoms. The minimum atomic E-state index is 0.672. The Morgan fingerprint density at radius 2 is 2.43 bits per heavy atom. The molecule has 0 amide bonds. The number of H-pyrrole nitrogens is 1. The molecule has 0 radical (unpaired) electrons. The maximum atomic E-state index is 5.46. The van der Waals surface area contributed by atoms with E-state index in [0.717, 1.165) is 49.2 Å². The Bertz CT molecular complexity index is 574. The van der Waals surface area contributed by atoms with E-state index in [1.807, 2.05) is 13.1 Å². The molecule has 114 valence electrons. The van der Waals surface area contributed by atoms with Gasteiger partial charge in [-0.15, -0.1) is 5.10 Å². The van der Waals surface area contributed by atoms with Gasteiger partial charge in [-0.3, -0.25) is 5.10 Å². The molecule has 1 saturated heterocycles. The lowest BCUT2D eigenvalue weighted by atomic mass is 9.98. The van der Waals surface area contributed by atoms with Gasteiger partial charge in [0.05, 0.1) is 11.8 Å². The van der Waals surface area contributed by atoms with Gasteiger partial charge in [-0.25, -0.2) is 0 Å². The van der Waals surface area contributed by atoms with Crippen molar-refractivity contribution in [3.05, 3.63) is 18.1 Å². The summed E-state index contributed by atoms with van der Waals surface area (Å²) in [7, 11) is 2.01. The number of hydrogen-bond donors (Lipinski definition) is 2. The number of aryl methyl sites for hydroxylation is 1. The molecule has 6 heteroatoms. The highest BCUT2D eigenvalue weighted by atomic mass is 16.3. The molecule has 1 aliphatic heterocycles. The second-order valence-corrected chi connectivity index (χ2v) is 5.61. The van der Waals surface area contributed by atoms with E-state index in [1.165, 1.54) is 12.8 Å². The van der Waals surface area contributed by atoms with Crippen molar-refractivity contribution in [1.29, 1.82) is 0 Å². The standard InChI is InChI=1S/C15H23N5O/c1-3-13-12(6-8-21-13)14-17-15(19-18-14)20-7-4-5-11(10-20)9-16-2/h6,8,11,16H,3-5,7,9-10H2,1-2H3,(H,17,18,19). The van der Waals surface area contributed by atoms with Crippen LogP contribution in [0.3, 0.4) is 0 Å². The van der Waals surface area contributed by atoms with Gasteiger partial charge in [-0.05, 0) is 38.4 Å². The molecule has 0 bridgehead atoms. The molecule has 3 rings (SSSR count). The lowest BCUT2D eigenvalue weighted by Gasteiger charge is -2.31. The Balaban J connectivity index is 1.75. The van der Waals surface area contributed by atoms with Crippen LogP contribution in [0, 0.1) is 5.92 Å². The molecule has 1 atom stereocenters. The molecule has 2 N–H and O–H groups in total. The van der Waals surface area contributed by atoms with Crippen LogP contribution in [0.25, 0.3) is 11.4 Å². The van der Waals surface area contributed by atoms with Crippen LogP contribution in [-0.4, -0.2) is 41.9 Å². The molecule has 3 heterocycles. The van der Waals surface area contributed by atoms with E-state index in [0.29, 0.717) is 5.92 Å². The zero-order valence-electron chi connectivity index (χ0n) is 12.7. The van der Waals surface area contributed by atoms with Gasteiger partial charge in [0.25, 0.3) is 0 Å². The fourth-order valence-corrected chi connectivity index (χ4v) is 3.04. The number of nitrogens with one attached hydrogen (secondary N) is 2. The van der Waals surface area contributed by atoms with E-state index < -0.39 is 0 Å². The van der Waals surface area contributed by atoms with Gasteiger partial charge in [0.1, 0.15) is 5.76 Å². The first-order valence-corrected chi connectivity index (χ1v) is 7.70. The number of nitrogens with zero attached hydrogens (tertiary/aromatic N) is 3. The smallest absolute Gasteiger partial charge is 0.245 e. The van der Waals surface area contributed by atoms with Gasteiger partial charge >= 0.3 is 0 Å². The Hall–Kier alpha value is -1.82. The molecular weight excluding hydrogens is 266 g/mol. The van der Waals surface area contributed by atoms with Crippen molar-refractivity contribution < 1.29 is 4.42 Å². The summed E-state index contributed by atoms with van der Waals surface area (Å²) in [5, 5.41) is 10.7. The number of hydrogen-bond acceptors (Lipinski definition) is 5. The third kappa shape index (κ3) is 2.95. The van der Waals surface area contributed by atoms with Crippen molar-refractivity contribution in [2.75, 3.05) is 31.6 Å². The molecule has 6 nitrogen and oxygen atoms in total. The average Bonchev–Trinajstić information content (AvgIpc) is 3.16. The number of aromatic amines is 1. The van der Waals surface area contributed by atoms with Gasteiger partial charge in [0.15, 0.2) is 5.82 Å². The molecule has 0 saturated carbocycles. The SMILES string of the molecule is CCc1occc1-c1nc(N2CCCC(CNC)C2)n[nH]1. The van der Waals surface area contributed by atoms with Crippen molar-refractivity contribution >= 4 is 5.95 Å². The maximum absolute atomic E-state index is 5.46. The normalized spacial score (nSPS) is 19.1. The van der Waals surface area contributed by atoms with Crippen LogP contribution in [-0.2, 0) is 6.42 Å². The quantitative estimate of drug-likeness (QED) is 0.881. The second kappa shape index (κ2) is 6.30. The molecule has 1 aliphatic rings. The van der Waals surface area contributed by atoms with Crippen LogP contribution in [0.5, 0.6) is 0 Å². The predicted octanol–water partition coefficient (Wildman–Crippen LogP) is 2.06. The van der Waals surface area contributed by atoms with Crippen LogP contribution in [0.4, 0.5) is 5.95 Å². The molecule has 2 aromatic heterocycles. The van der Waals surface area contributed by atoms with E-state index in [9.17, 15) is 0 Å². The van der Waals surface area contributed by atoms with Crippen molar-refractivity contribution in [1.82, 2.24) is 20.5 Å². The van der Waals surface area contributed by atoms with Crippen LogP contribution in [0.15, 0.2) is 16.7 Å². The Morgan fingerprint density at radius 3 is 3.24 bits per heavy atom. The molecule has 1 unspecified atom stereocenters. The van der Waals surface area contributed by atoms with Crippen molar-refractivity contribution in [3.63, 3.8) is 0 Å². The van der Waals surface area contributed by atoms with Crippen LogP contribution in [0.1, 0.15) is 25.5 Å². The molecule has 0 aliphatic carbocycles. The van der Waals surface area contributed by atoms with Gasteiger partial charge in [-0.1, -0.05) is 6.92 Å². The zero-order chi connectivity index (χ0) is 14.7. The molecule has 0 aromatic carbocycles. The monoisotopic (exact) mass is 289 g/mol. The second-order valence-electron chi connectivity index (χ2n) is 5.61. The Morgan fingerprint density at radius 1 is 1.52 bits per heavy atom. The van der Waals surface area contributed by atoms with Crippen LogP contribution < -0.4 is 10.2 Å². The van der Waals surface area contributed by atoms with Gasteiger partial charge in [0.2, 0.25) is 5.95 Å². The first-order chi connectivity index (χ1) is 10.3. The third-order valence-electron chi connectivity index (χ3n) is 4.09. The first kappa shape index (κ1) is 14.1. The lowest BCUT2D eigenvalue weighted by Crippen LogP contribution is -2.39. The highest BCUT2D eigenvalue weighted by Crippen LogP contribution is 2.25. The van der Waals surface area contributed by atoms with E-state index in [4.69, 9.17) is 4.42 Å². The largest absolute Gasteiger partial charge is 0.469 e. The summed E-state index contributed by atoms with van der Waals surface area (Å²) in [5.41, 5.74) is 1.01. The van der Waals surface area contributed by atoms with E-state index in [2.05, 4.69) is 32.3 Å². The fourth-order valence-electron chi connectivity index (χ4n) is 3.04. The predicted molar refractivity (Wildman–Crippen MR) is 82.3 cm³/mol. The molecular formula is C15H23N5O. The summed E-state index contributed by atoms with van der Waals surface area (Å²) in [6.07, 6.45) is 5.03. The molecule has 0 spiro atoms. The highest BCUT2D eigenvalue weighted by molar-refractivity contribution is 5.58. The summed E-state index contributed by atoms with van der Waals surface area (Å²) in [6.45, 7) is 5.18. The first-order valence-electron chi connectivity index (χ1n) is 7.70. The third-order valence-corrected chi connectivity index (χ3v) is 4.09. The lowest BCUT2D eigenvalue weighted by molar-refractivity contribution is 0.399. The number of rotatable bonds is 5. The van der Waals surface area contributed by atoms with Gasteiger partial charge in [0, 0.05) is 19.5 Å². The van der Waals surface area contributed by atoms with Crippen LogP contribution in [0.2, 0.25) is 0 Å². The summed E-state index contributed by atoms with van der Waals surface area (Å²) >= 11 is 0. The minimum absolute atomic E-state index is 0.672. The number of furan rings is 1. The van der Waals surface area contributed by atoms with Crippen LogP contribution >= 0.6 is 0 Å². The topological polar surface area (TPSA) is 70.0 Å². The van der Waals surface area contributed by atoms with Crippen molar-refractivity contribution in [2.24, 2.45) is 5.92 Å². The van der Waals surface area contributed by atoms with Crippen molar-refractivity contribution in [2.45, 2.75) is 26.2 Å². The fraction of sp³-hybridized carbons (Fsp3) is 0.600. The maximum Gasteiger partial charge on any atom is 0.245 e. The Kier molecular flexibility index (Phi) is 4.24. The summed E-state index contributed by atoms with van der Waals surface area (Å²) in [6, 6.07) is 1.95. The van der Waals surface area contributed by atoms with E-state index >= 15 is 0 Å². The van der Waals surface area contributed by atoms with Gasteiger partial charge < -0.3 is 14.6 Å². The number of aromatic nitrogens is 3. The number of anilines is 1. The number of piperidine rings is 1. The summed E-state index contributed by atoms with van der Waals surface area (Å²) < 4.78 is 5.46. The van der Waals surface area contributed by atoms with Crippen molar-refractivity contribution in [3.8, 4) is 11.4 Å². The summed E-state index contributed by atoms with van der Waals surface area (Å²) in [4.78, 5) is 6.93. The minimum Gasteiger partial charge on any atom is -0.469 e. The van der Waals surface area contributed by atoms with E-state index in [1.54, 1.807) is 6.26 Å². The van der Waals surface area contributed by atoms with E-state index in [-0.39, 0.29) is 0 Å². The Labute approximate surface area is 124 Å².